The number of nitrogen functional groups attached to an aromatic ring is 1. The lowest BCUT2D eigenvalue weighted by Gasteiger charge is -2.01. The highest BCUT2D eigenvalue weighted by molar-refractivity contribution is 6.14. The number of H-pyrrole nitrogens is 2. The highest BCUT2D eigenvalue weighted by Crippen LogP contribution is 2.25. The Morgan fingerprint density at radius 3 is 2.91 bits per heavy atom. The van der Waals surface area contributed by atoms with Gasteiger partial charge in [0.2, 0.25) is 0 Å². The molecule has 3 heterocycles. The summed E-state index contributed by atoms with van der Waals surface area (Å²) in [7, 11) is 0. The average Bonchev–Trinajstić information content (AvgIpc) is 3.13. The topological polar surface area (TPSA) is 138 Å². The van der Waals surface area contributed by atoms with E-state index in [9.17, 15) is 9.18 Å². The molecule has 0 saturated heterocycles. The minimum Gasteiger partial charge on any atom is -0.383 e. The largest absolute Gasteiger partial charge is 0.383 e. The number of carbonyl (C=O) groups is 1. The van der Waals surface area contributed by atoms with E-state index in [2.05, 4.69) is 35.7 Å². The first-order valence-corrected chi connectivity index (χ1v) is 6.53. The van der Waals surface area contributed by atoms with Gasteiger partial charge in [0.15, 0.2) is 17.2 Å². The summed E-state index contributed by atoms with van der Waals surface area (Å²) < 4.78 is 13.9. The quantitative estimate of drug-likeness (QED) is 0.439. The zero-order valence-electron chi connectivity index (χ0n) is 11.5. The Kier molecular flexibility index (Phi) is 2.70. The van der Waals surface area contributed by atoms with E-state index < -0.39 is 11.7 Å². The summed E-state index contributed by atoms with van der Waals surface area (Å²) in [6.45, 7) is 0. The van der Waals surface area contributed by atoms with Crippen molar-refractivity contribution in [3.63, 3.8) is 0 Å². The van der Waals surface area contributed by atoms with Crippen molar-refractivity contribution in [2.75, 3.05) is 11.1 Å². The molecule has 3 aromatic heterocycles. The van der Waals surface area contributed by atoms with E-state index in [4.69, 9.17) is 5.73 Å². The highest BCUT2D eigenvalue weighted by Gasteiger charge is 2.20. The van der Waals surface area contributed by atoms with E-state index in [-0.39, 0.29) is 22.7 Å². The van der Waals surface area contributed by atoms with Crippen LogP contribution in [0.2, 0.25) is 0 Å². The van der Waals surface area contributed by atoms with Crippen LogP contribution in [0.25, 0.3) is 21.9 Å². The van der Waals surface area contributed by atoms with E-state index in [1.165, 1.54) is 12.4 Å². The summed E-state index contributed by atoms with van der Waals surface area (Å²) in [5.41, 5.74) is 6.56. The van der Waals surface area contributed by atoms with Crippen LogP contribution in [0, 0.1) is 5.82 Å². The van der Waals surface area contributed by atoms with Crippen molar-refractivity contribution < 1.29 is 9.18 Å². The van der Waals surface area contributed by atoms with Gasteiger partial charge in [0.1, 0.15) is 18.0 Å². The van der Waals surface area contributed by atoms with Gasteiger partial charge in [-0.2, -0.15) is 10.2 Å². The molecule has 9 nitrogen and oxygen atoms in total. The number of fused-ring (bicyclic) bond motifs is 2. The van der Waals surface area contributed by atoms with Gasteiger partial charge in [-0.15, -0.1) is 0 Å². The molecular weight excluding hydrogens is 303 g/mol. The number of rotatable bonds is 2. The molecule has 0 unspecified atom stereocenters. The Labute approximate surface area is 127 Å². The maximum Gasteiger partial charge on any atom is 0.278 e. The predicted molar refractivity (Wildman–Crippen MR) is 80.1 cm³/mol. The van der Waals surface area contributed by atoms with Crippen molar-refractivity contribution >= 4 is 39.5 Å². The number of carbonyl (C=O) groups excluding carboxylic acids is 1. The number of hydrogen-bond donors (Lipinski definition) is 4. The number of nitrogens with one attached hydrogen (secondary N) is 3. The Bertz CT molecular complexity index is 1050. The number of nitrogens with two attached hydrogens (primary N) is 1. The normalized spacial score (nSPS) is 11.2. The molecular formula is C13H9FN8O. The third-order valence-electron chi connectivity index (χ3n) is 3.37. The van der Waals surface area contributed by atoms with Crippen LogP contribution in [0.5, 0.6) is 0 Å². The molecule has 10 heteroatoms. The van der Waals surface area contributed by atoms with Crippen LogP contribution in [0.15, 0.2) is 24.5 Å². The van der Waals surface area contributed by atoms with Crippen molar-refractivity contribution in [1.82, 2.24) is 30.4 Å². The summed E-state index contributed by atoms with van der Waals surface area (Å²) in [5, 5.41) is 16.0. The number of aromatic amines is 2. The van der Waals surface area contributed by atoms with Crippen molar-refractivity contribution in [1.29, 1.82) is 0 Å². The first-order valence-electron chi connectivity index (χ1n) is 6.53. The van der Waals surface area contributed by atoms with Crippen LogP contribution < -0.4 is 11.1 Å². The SMILES string of the molecule is Nc1ncnc2[nH]nc(C(=O)Nc3n[nH]c4cccc(F)c34)c12. The number of benzene rings is 1. The van der Waals surface area contributed by atoms with Crippen molar-refractivity contribution in [2.45, 2.75) is 0 Å². The molecule has 4 rings (SSSR count). The molecule has 1 amide bonds. The van der Waals surface area contributed by atoms with Crippen LogP contribution in [0.4, 0.5) is 16.0 Å². The van der Waals surface area contributed by atoms with Gasteiger partial charge in [0.25, 0.3) is 5.91 Å². The lowest BCUT2D eigenvalue weighted by Crippen LogP contribution is -2.14. The first kappa shape index (κ1) is 13.1. The van der Waals surface area contributed by atoms with Crippen LogP contribution in [-0.2, 0) is 0 Å². The lowest BCUT2D eigenvalue weighted by molar-refractivity contribution is 0.102. The summed E-state index contributed by atoms with van der Waals surface area (Å²) in [6.07, 6.45) is 1.26. The number of nitrogens with zero attached hydrogens (tertiary/aromatic N) is 4. The van der Waals surface area contributed by atoms with Gasteiger partial charge in [0, 0.05) is 0 Å². The number of halogens is 1. The van der Waals surface area contributed by atoms with Gasteiger partial charge in [-0.1, -0.05) is 6.07 Å². The fraction of sp³-hybridized carbons (Fsp3) is 0. The maximum absolute atomic E-state index is 13.9. The predicted octanol–water partition coefficient (Wildman–Crippen LogP) is 1.20. The Morgan fingerprint density at radius 2 is 2.04 bits per heavy atom. The number of aromatic nitrogens is 6. The standard InChI is InChI=1S/C13H9FN8O/c14-5-2-1-3-6-7(5)12(22-19-6)18-13(23)9-8-10(15)16-4-17-11(8)21-20-9/h1-4H,(H2,18,19,22,23)(H3,15,16,17,20,21). The van der Waals surface area contributed by atoms with E-state index >= 15 is 0 Å². The van der Waals surface area contributed by atoms with Crippen LogP contribution in [0.1, 0.15) is 10.5 Å². The molecule has 0 bridgehead atoms. The van der Waals surface area contributed by atoms with Crippen LogP contribution >= 0.6 is 0 Å². The van der Waals surface area contributed by atoms with Gasteiger partial charge >= 0.3 is 0 Å². The summed E-state index contributed by atoms with van der Waals surface area (Å²) in [6, 6.07) is 4.47. The van der Waals surface area contributed by atoms with Crippen molar-refractivity contribution in [3.05, 3.63) is 36.0 Å². The smallest absolute Gasteiger partial charge is 0.278 e. The highest BCUT2D eigenvalue weighted by atomic mass is 19.1. The average molecular weight is 312 g/mol. The van der Waals surface area contributed by atoms with Crippen molar-refractivity contribution in [3.8, 4) is 0 Å². The Balaban J connectivity index is 1.77. The molecule has 4 aromatic rings. The molecule has 0 aliphatic heterocycles. The molecule has 114 valence electrons. The summed E-state index contributed by atoms with van der Waals surface area (Å²) in [4.78, 5) is 20.2. The zero-order valence-corrected chi connectivity index (χ0v) is 11.5. The molecule has 0 atom stereocenters. The van der Waals surface area contributed by atoms with E-state index in [1.807, 2.05) is 0 Å². The monoisotopic (exact) mass is 312 g/mol. The van der Waals surface area contributed by atoms with E-state index in [1.54, 1.807) is 12.1 Å². The molecule has 1 aromatic carbocycles. The zero-order chi connectivity index (χ0) is 16.0. The molecule has 5 N–H and O–H groups in total. The van der Waals surface area contributed by atoms with Gasteiger partial charge in [-0.05, 0) is 12.1 Å². The first-order chi connectivity index (χ1) is 11.1. The van der Waals surface area contributed by atoms with Gasteiger partial charge < -0.3 is 11.1 Å². The number of amides is 1. The number of hydrogen-bond acceptors (Lipinski definition) is 6. The second kappa shape index (κ2) is 4.73. The maximum atomic E-state index is 13.9. The van der Waals surface area contributed by atoms with Gasteiger partial charge in [0.05, 0.1) is 16.3 Å². The van der Waals surface area contributed by atoms with Crippen LogP contribution in [-0.4, -0.2) is 36.3 Å². The Hall–Kier alpha value is -3.56. The molecule has 0 fully saturated rings. The fourth-order valence-corrected chi connectivity index (χ4v) is 2.33. The minimum atomic E-state index is -0.602. The molecule has 23 heavy (non-hydrogen) atoms. The summed E-state index contributed by atoms with van der Waals surface area (Å²) >= 11 is 0. The second-order valence-electron chi connectivity index (χ2n) is 4.74. The molecule has 0 aliphatic carbocycles. The van der Waals surface area contributed by atoms with Crippen molar-refractivity contribution in [2.24, 2.45) is 0 Å². The Morgan fingerprint density at radius 1 is 1.17 bits per heavy atom. The van der Waals surface area contributed by atoms with Crippen LogP contribution in [0.3, 0.4) is 0 Å². The molecule has 0 spiro atoms. The second-order valence-corrected chi connectivity index (χ2v) is 4.74. The number of anilines is 2. The van der Waals surface area contributed by atoms with Gasteiger partial charge in [-0.3, -0.25) is 15.0 Å². The molecule has 0 saturated carbocycles. The summed E-state index contributed by atoms with van der Waals surface area (Å²) in [5.74, 6) is -0.919. The fourth-order valence-electron chi connectivity index (χ4n) is 2.33. The minimum absolute atomic E-state index is 0.00518. The third kappa shape index (κ3) is 1.96. The van der Waals surface area contributed by atoms with E-state index in [0.717, 1.165) is 0 Å². The molecule has 0 aliphatic rings. The molecule has 0 radical (unpaired) electrons. The van der Waals surface area contributed by atoms with Gasteiger partial charge in [-0.25, -0.2) is 14.4 Å². The lowest BCUT2D eigenvalue weighted by atomic mass is 10.2. The van der Waals surface area contributed by atoms with E-state index in [0.29, 0.717) is 16.6 Å². The third-order valence-corrected chi connectivity index (χ3v) is 3.37.